The molecule has 0 bridgehead atoms. The molecule has 1 aromatic carbocycles. The van der Waals surface area contributed by atoms with Gasteiger partial charge in [-0.2, -0.15) is 0 Å². The van der Waals surface area contributed by atoms with Crippen LogP contribution in [0, 0.1) is 0 Å². The van der Waals surface area contributed by atoms with E-state index in [2.05, 4.69) is 22.2 Å². The highest BCUT2D eigenvalue weighted by Gasteiger charge is 2.19. The van der Waals surface area contributed by atoms with Crippen molar-refractivity contribution >= 4 is 17.3 Å². The zero-order chi connectivity index (χ0) is 16.7. The lowest BCUT2D eigenvalue weighted by Crippen LogP contribution is -2.28. The Morgan fingerprint density at radius 2 is 2.35 bits per heavy atom. The van der Waals surface area contributed by atoms with Crippen molar-refractivity contribution in [3.8, 4) is 5.75 Å². The molecule has 0 spiro atoms. The molecule has 1 saturated heterocycles. The van der Waals surface area contributed by atoms with Crippen molar-refractivity contribution in [3.63, 3.8) is 0 Å². The highest BCUT2D eigenvalue weighted by atomic mass is 16.3. The Morgan fingerprint density at radius 3 is 3.00 bits per heavy atom. The fraction of sp³-hybridized carbons (Fsp3) is 0.471. The van der Waals surface area contributed by atoms with Crippen LogP contribution in [0.2, 0.25) is 0 Å². The zero-order valence-corrected chi connectivity index (χ0v) is 13.6. The average molecular weight is 318 g/mol. The molecule has 1 unspecified atom stereocenters. The van der Waals surface area contributed by atoms with Crippen molar-refractivity contribution in [1.82, 2.24) is 15.2 Å². The highest BCUT2D eigenvalue weighted by molar-refractivity contribution is 5.84. The van der Waals surface area contributed by atoms with Crippen LogP contribution < -0.4 is 11.1 Å². The zero-order valence-electron chi connectivity index (χ0n) is 13.6. The van der Waals surface area contributed by atoms with E-state index < -0.39 is 0 Å². The van der Waals surface area contributed by atoms with Gasteiger partial charge in [-0.25, -0.2) is 0 Å². The van der Waals surface area contributed by atoms with Crippen molar-refractivity contribution in [2.45, 2.75) is 31.8 Å². The smallest absolute Gasteiger partial charge is 0.207 e. The summed E-state index contributed by atoms with van der Waals surface area (Å²) in [5.74, 6) is 0.275. The van der Waals surface area contributed by atoms with Crippen molar-refractivity contribution < 1.29 is 9.90 Å². The molecule has 3 rings (SSSR count). The number of aromatic amines is 1. The van der Waals surface area contributed by atoms with E-state index in [1.54, 1.807) is 12.1 Å². The largest absolute Gasteiger partial charge is 0.508 e. The van der Waals surface area contributed by atoms with Gasteiger partial charge in [-0.15, -0.1) is 0 Å². The van der Waals surface area contributed by atoms with Crippen LogP contribution in [0.4, 0.5) is 0 Å². The number of H-pyrrole nitrogens is 1. The maximum atomic E-state index is 9.94. The number of amides is 1. The summed E-state index contributed by atoms with van der Waals surface area (Å²) >= 11 is 0. The number of rotatable bonds is 5. The van der Waals surface area contributed by atoms with E-state index in [9.17, 15) is 9.90 Å². The quantitative estimate of drug-likeness (QED) is 0.497. The normalized spacial score (nSPS) is 17.7. The Hall–Kier alpha value is -2.05. The van der Waals surface area contributed by atoms with Crippen LogP contribution in [-0.2, 0) is 11.3 Å². The van der Waals surface area contributed by atoms with Gasteiger partial charge in [0.05, 0.1) is 0 Å². The van der Waals surface area contributed by atoms with E-state index in [1.165, 1.54) is 19.4 Å². The van der Waals surface area contributed by atoms with Gasteiger partial charge >= 0.3 is 0 Å². The number of carbonyl (C=O) groups excluding carboxylic acids is 1. The highest BCUT2D eigenvalue weighted by Crippen LogP contribution is 2.22. The maximum Gasteiger partial charge on any atom is 0.207 e. The van der Waals surface area contributed by atoms with Gasteiger partial charge in [0.25, 0.3) is 0 Å². The minimum absolute atomic E-state index is 0.275. The summed E-state index contributed by atoms with van der Waals surface area (Å²) in [5, 5.41) is 12.9. The van der Waals surface area contributed by atoms with Gasteiger partial charge in [0.1, 0.15) is 5.75 Å². The van der Waals surface area contributed by atoms with Gasteiger partial charge in [-0.05, 0) is 56.6 Å². The molecule has 0 radical (unpaired) electrons. The summed E-state index contributed by atoms with van der Waals surface area (Å²) in [4.78, 5) is 15.4. The van der Waals surface area contributed by atoms with Gasteiger partial charge in [-0.1, -0.05) is 0 Å². The number of nitrogens with two attached hydrogens (primary N) is 1. The predicted molar refractivity (Wildman–Crippen MR) is 92.2 cm³/mol. The molecular formula is C17H26N4O2. The number of likely N-dealkylation sites (tertiary alicyclic amines) is 1. The standard InChI is InChI=1S/C9H10N2O.C8H16N2O/c10-4-6-5-11-9-2-1-7(12)3-8(6)9;1-10-6-2-3-8(10)4-5-9-7-11/h1-3,5,11-12H,4,10H2;7-8H,2-6H2,1H3,(H,9,11). The van der Waals surface area contributed by atoms with Crippen LogP contribution in [0.25, 0.3) is 10.9 Å². The monoisotopic (exact) mass is 318 g/mol. The number of phenolic OH excluding ortho intramolecular Hbond substituents is 1. The van der Waals surface area contributed by atoms with Gasteiger partial charge in [0, 0.05) is 36.2 Å². The Kier molecular flexibility index (Phi) is 6.43. The number of hydrogen-bond donors (Lipinski definition) is 4. The number of aromatic hydroxyl groups is 1. The van der Waals surface area contributed by atoms with Gasteiger partial charge < -0.3 is 26.0 Å². The first-order valence-corrected chi connectivity index (χ1v) is 8.02. The van der Waals surface area contributed by atoms with Crippen LogP contribution in [0.15, 0.2) is 24.4 Å². The average Bonchev–Trinajstić information content (AvgIpc) is 3.14. The third-order valence-corrected chi connectivity index (χ3v) is 4.35. The van der Waals surface area contributed by atoms with Crippen LogP contribution in [-0.4, -0.2) is 47.6 Å². The number of hydrogen-bond acceptors (Lipinski definition) is 4. The Morgan fingerprint density at radius 1 is 1.52 bits per heavy atom. The van der Waals surface area contributed by atoms with Crippen LogP contribution in [0.5, 0.6) is 5.75 Å². The molecule has 2 aromatic rings. The Labute approximate surface area is 136 Å². The van der Waals surface area contributed by atoms with Gasteiger partial charge in [0.2, 0.25) is 6.41 Å². The van der Waals surface area contributed by atoms with E-state index in [1.807, 2.05) is 12.3 Å². The number of nitrogens with zero attached hydrogens (tertiary/aromatic N) is 1. The van der Waals surface area contributed by atoms with Crippen LogP contribution in [0.3, 0.4) is 0 Å². The third kappa shape index (κ3) is 4.71. The fourth-order valence-electron chi connectivity index (χ4n) is 2.99. The minimum atomic E-state index is 0.275. The molecule has 1 aromatic heterocycles. The predicted octanol–water partition coefficient (Wildman–Crippen LogP) is 1.55. The molecular weight excluding hydrogens is 292 g/mol. The van der Waals surface area contributed by atoms with Crippen LogP contribution in [0.1, 0.15) is 24.8 Å². The second kappa shape index (κ2) is 8.55. The van der Waals surface area contributed by atoms with Crippen LogP contribution >= 0.6 is 0 Å². The van der Waals surface area contributed by atoms with Crippen molar-refractivity contribution in [3.05, 3.63) is 30.0 Å². The molecule has 23 heavy (non-hydrogen) atoms. The summed E-state index contributed by atoms with van der Waals surface area (Å²) in [5.41, 5.74) is 7.55. The molecule has 1 atom stereocenters. The summed E-state index contributed by atoms with van der Waals surface area (Å²) in [7, 11) is 2.15. The summed E-state index contributed by atoms with van der Waals surface area (Å²) < 4.78 is 0. The summed E-state index contributed by atoms with van der Waals surface area (Å²) in [6.45, 7) is 2.52. The number of benzene rings is 1. The fourth-order valence-corrected chi connectivity index (χ4v) is 2.99. The topological polar surface area (TPSA) is 94.4 Å². The molecule has 2 heterocycles. The lowest BCUT2D eigenvalue weighted by Gasteiger charge is -2.18. The number of carbonyl (C=O) groups is 1. The third-order valence-electron chi connectivity index (χ3n) is 4.35. The number of aromatic nitrogens is 1. The SMILES string of the molecule is CN1CCCC1CCNC=O.NCc1c[nH]c2ccc(O)cc12. The van der Waals surface area contributed by atoms with Crippen molar-refractivity contribution in [2.24, 2.45) is 5.73 Å². The molecule has 1 aliphatic rings. The second-order valence-electron chi connectivity index (χ2n) is 5.89. The lowest BCUT2D eigenvalue weighted by atomic mass is 10.1. The number of nitrogens with one attached hydrogen (secondary N) is 2. The van der Waals surface area contributed by atoms with E-state index in [0.29, 0.717) is 12.6 Å². The number of phenols is 1. The molecule has 5 N–H and O–H groups in total. The number of fused-ring (bicyclic) bond motifs is 1. The maximum absolute atomic E-state index is 9.94. The first-order chi connectivity index (χ1) is 11.2. The van der Waals surface area contributed by atoms with Crippen molar-refractivity contribution in [1.29, 1.82) is 0 Å². The second-order valence-corrected chi connectivity index (χ2v) is 5.89. The Bertz CT molecular complexity index is 626. The lowest BCUT2D eigenvalue weighted by molar-refractivity contribution is -0.109. The Balaban J connectivity index is 0.000000168. The van der Waals surface area contributed by atoms with Crippen molar-refractivity contribution in [2.75, 3.05) is 20.1 Å². The molecule has 0 saturated carbocycles. The van der Waals surface area contributed by atoms with E-state index >= 15 is 0 Å². The van der Waals surface area contributed by atoms with Gasteiger partial charge in [0.15, 0.2) is 0 Å². The van der Waals surface area contributed by atoms with Gasteiger partial charge in [-0.3, -0.25) is 4.79 Å². The molecule has 126 valence electrons. The minimum Gasteiger partial charge on any atom is -0.508 e. The molecule has 6 nitrogen and oxygen atoms in total. The molecule has 1 aliphatic heterocycles. The van der Waals surface area contributed by atoms with E-state index in [0.717, 1.165) is 35.8 Å². The first kappa shape index (κ1) is 17.3. The first-order valence-electron chi connectivity index (χ1n) is 8.02. The molecule has 1 fully saturated rings. The summed E-state index contributed by atoms with van der Waals surface area (Å²) in [6.07, 6.45) is 6.33. The summed E-state index contributed by atoms with van der Waals surface area (Å²) in [6, 6.07) is 5.90. The molecule has 6 heteroatoms. The van der Waals surface area contributed by atoms with E-state index in [-0.39, 0.29) is 5.75 Å². The van der Waals surface area contributed by atoms with E-state index in [4.69, 9.17) is 5.73 Å². The molecule has 1 amide bonds. The molecule has 0 aliphatic carbocycles.